The second-order valence-corrected chi connectivity index (χ2v) is 4.49. The number of hydrogen-bond acceptors (Lipinski definition) is 3. The largest absolute Gasteiger partial charge is 0.384 e. The second-order valence-electron chi connectivity index (χ2n) is 3.20. The number of benzene rings is 1. The quantitative estimate of drug-likeness (QED) is 0.835. The topological polar surface area (TPSA) is 43.8 Å². The van der Waals surface area contributed by atoms with Crippen molar-refractivity contribution < 1.29 is 4.39 Å². The molecule has 1 aromatic carbocycles. The van der Waals surface area contributed by atoms with E-state index in [1.54, 1.807) is 36.0 Å². The summed E-state index contributed by atoms with van der Waals surface area (Å²) in [5.41, 5.74) is 6.17. The van der Waals surface area contributed by atoms with Crippen LogP contribution >= 0.6 is 11.8 Å². The Bertz CT molecular complexity index is 496. The number of nitrogens with zero attached hydrogens (tertiary/aromatic N) is 2. The molecule has 0 bridgehead atoms. The van der Waals surface area contributed by atoms with Crippen molar-refractivity contribution in [1.82, 2.24) is 9.78 Å². The summed E-state index contributed by atoms with van der Waals surface area (Å²) in [5.74, 6) is 1.03. The van der Waals surface area contributed by atoms with E-state index < -0.39 is 0 Å². The number of para-hydroxylation sites is 1. The molecule has 0 saturated carbocycles. The molecule has 0 radical (unpaired) electrons. The molecule has 0 atom stereocenters. The lowest BCUT2D eigenvalue weighted by Crippen LogP contribution is -2.03. The Balaban J connectivity index is 2.44. The summed E-state index contributed by atoms with van der Waals surface area (Å²) in [7, 11) is 0. The molecule has 0 aliphatic heterocycles. The Morgan fingerprint density at radius 3 is 2.88 bits per heavy atom. The zero-order valence-corrected chi connectivity index (χ0v) is 9.67. The molecule has 84 valence electrons. The average Bonchev–Trinajstić information content (AvgIpc) is 2.61. The number of anilines is 1. The summed E-state index contributed by atoms with van der Waals surface area (Å²) in [6.07, 6.45) is 0. The first-order valence-electron chi connectivity index (χ1n) is 4.95. The van der Waals surface area contributed by atoms with Gasteiger partial charge in [0.15, 0.2) is 0 Å². The highest BCUT2D eigenvalue weighted by molar-refractivity contribution is 7.99. The molecule has 1 heterocycles. The fourth-order valence-corrected chi connectivity index (χ4v) is 2.05. The van der Waals surface area contributed by atoms with Crippen LogP contribution in [0.15, 0.2) is 35.4 Å². The van der Waals surface area contributed by atoms with Gasteiger partial charge in [0.05, 0.1) is 0 Å². The normalized spacial score (nSPS) is 10.6. The standard InChI is InChI=1S/C11H12FN3S/c1-2-16-11-7-10(13)15(14-11)9-6-4-3-5-8(9)12/h3-7H,2,13H2,1H3. The summed E-state index contributed by atoms with van der Waals surface area (Å²) >= 11 is 1.58. The van der Waals surface area contributed by atoms with Crippen LogP contribution in [-0.2, 0) is 0 Å². The van der Waals surface area contributed by atoms with Crippen LogP contribution < -0.4 is 5.73 Å². The van der Waals surface area contributed by atoms with Crippen molar-refractivity contribution in [2.75, 3.05) is 11.5 Å². The molecule has 0 unspecified atom stereocenters. The Morgan fingerprint density at radius 1 is 1.44 bits per heavy atom. The van der Waals surface area contributed by atoms with Gasteiger partial charge in [0.2, 0.25) is 0 Å². The van der Waals surface area contributed by atoms with Gasteiger partial charge in [-0.1, -0.05) is 19.1 Å². The highest BCUT2D eigenvalue weighted by atomic mass is 32.2. The van der Waals surface area contributed by atoms with Gasteiger partial charge >= 0.3 is 0 Å². The van der Waals surface area contributed by atoms with Gasteiger partial charge in [-0.3, -0.25) is 0 Å². The molecule has 0 spiro atoms. The van der Waals surface area contributed by atoms with Crippen LogP contribution in [0.25, 0.3) is 5.69 Å². The minimum atomic E-state index is -0.328. The number of aromatic nitrogens is 2. The zero-order valence-electron chi connectivity index (χ0n) is 8.85. The van der Waals surface area contributed by atoms with Crippen molar-refractivity contribution in [3.05, 3.63) is 36.1 Å². The van der Waals surface area contributed by atoms with E-state index in [0.29, 0.717) is 11.5 Å². The van der Waals surface area contributed by atoms with E-state index in [0.717, 1.165) is 10.8 Å². The van der Waals surface area contributed by atoms with Gasteiger partial charge in [0.25, 0.3) is 0 Å². The van der Waals surface area contributed by atoms with Crippen molar-refractivity contribution in [2.45, 2.75) is 11.9 Å². The van der Waals surface area contributed by atoms with E-state index in [9.17, 15) is 4.39 Å². The Labute approximate surface area is 97.5 Å². The molecular weight excluding hydrogens is 225 g/mol. The van der Waals surface area contributed by atoms with E-state index in [-0.39, 0.29) is 5.82 Å². The fraction of sp³-hybridized carbons (Fsp3) is 0.182. The van der Waals surface area contributed by atoms with Gasteiger partial charge in [-0.05, 0) is 17.9 Å². The van der Waals surface area contributed by atoms with Crippen molar-refractivity contribution in [2.24, 2.45) is 0 Å². The molecule has 0 fully saturated rings. The van der Waals surface area contributed by atoms with Gasteiger partial charge in [0.1, 0.15) is 22.3 Å². The summed E-state index contributed by atoms with van der Waals surface area (Å²) in [5, 5.41) is 5.05. The minimum absolute atomic E-state index is 0.328. The van der Waals surface area contributed by atoms with Crippen molar-refractivity contribution in [3.8, 4) is 5.69 Å². The molecule has 0 amide bonds. The van der Waals surface area contributed by atoms with Crippen molar-refractivity contribution >= 4 is 17.6 Å². The summed E-state index contributed by atoms with van der Waals surface area (Å²) in [4.78, 5) is 0. The molecule has 0 aliphatic carbocycles. The predicted octanol–water partition coefficient (Wildman–Crippen LogP) is 2.71. The molecule has 2 N–H and O–H groups in total. The van der Waals surface area contributed by atoms with Gasteiger partial charge in [-0.15, -0.1) is 11.8 Å². The molecular formula is C11H12FN3S. The maximum Gasteiger partial charge on any atom is 0.148 e. The minimum Gasteiger partial charge on any atom is -0.384 e. The van der Waals surface area contributed by atoms with E-state index in [1.165, 1.54) is 10.7 Å². The first-order chi connectivity index (χ1) is 7.72. The Kier molecular flexibility index (Phi) is 3.14. The highest BCUT2D eigenvalue weighted by Gasteiger charge is 2.10. The highest BCUT2D eigenvalue weighted by Crippen LogP contribution is 2.22. The maximum atomic E-state index is 13.5. The van der Waals surface area contributed by atoms with Crippen LogP contribution in [0.3, 0.4) is 0 Å². The van der Waals surface area contributed by atoms with Gasteiger partial charge in [-0.2, -0.15) is 5.10 Å². The monoisotopic (exact) mass is 237 g/mol. The van der Waals surface area contributed by atoms with Crippen molar-refractivity contribution in [3.63, 3.8) is 0 Å². The number of thioether (sulfide) groups is 1. The number of nitrogen functional groups attached to an aromatic ring is 1. The molecule has 0 saturated heterocycles. The molecule has 5 heteroatoms. The van der Waals surface area contributed by atoms with Gasteiger partial charge in [0, 0.05) is 6.07 Å². The van der Waals surface area contributed by atoms with Crippen LogP contribution in [0, 0.1) is 5.82 Å². The van der Waals surface area contributed by atoms with Gasteiger partial charge < -0.3 is 5.73 Å². The molecule has 2 rings (SSSR count). The third kappa shape index (κ3) is 2.04. The molecule has 1 aromatic heterocycles. The fourth-order valence-electron chi connectivity index (χ4n) is 1.41. The van der Waals surface area contributed by atoms with Crippen LogP contribution in [0.1, 0.15) is 6.92 Å². The number of hydrogen-bond donors (Lipinski definition) is 1. The summed E-state index contributed by atoms with van der Waals surface area (Å²) in [6, 6.07) is 8.19. The summed E-state index contributed by atoms with van der Waals surface area (Å²) < 4.78 is 15.0. The van der Waals surface area contributed by atoms with E-state index >= 15 is 0 Å². The van der Waals surface area contributed by atoms with Crippen LogP contribution in [0.2, 0.25) is 0 Å². The number of nitrogens with two attached hydrogens (primary N) is 1. The Morgan fingerprint density at radius 2 is 2.19 bits per heavy atom. The van der Waals surface area contributed by atoms with E-state index in [1.807, 2.05) is 6.92 Å². The lowest BCUT2D eigenvalue weighted by Gasteiger charge is -2.04. The first kappa shape index (κ1) is 11.0. The molecule has 0 aliphatic rings. The maximum absolute atomic E-state index is 13.5. The summed E-state index contributed by atoms with van der Waals surface area (Å²) in [6.45, 7) is 2.03. The third-order valence-corrected chi connectivity index (χ3v) is 2.87. The van der Waals surface area contributed by atoms with Crippen LogP contribution in [0.4, 0.5) is 10.2 Å². The van der Waals surface area contributed by atoms with Crippen LogP contribution in [-0.4, -0.2) is 15.5 Å². The smallest absolute Gasteiger partial charge is 0.148 e. The third-order valence-electron chi connectivity index (χ3n) is 2.09. The molecule has 3 nitrogen and oxygen atoms in total. The van der Waals surface area contributed by atoms with Crippen molar-refractivity contribution in [1.29, 1.82) is 0 Å². The SMILES string of the molecule is CCSc1cc(N)n(-c2ccccc2F)n1. The Hall–Kier alpha value is -1.49. The first-order valence-corrected chi connectivity index (χ1v) is 5.94. The lowest BCUT2D eigenvalue weighted by atomic mass is 10.3. The molecule has 2 aromatic rings. The average molecular weight is 237 g/mol. The lowest BCUT2D eigenvalue weighted by molar-refractivity contribution is 0.610. The van der Waals surface area contributed by atoms with Crippen LogP contribution in [0.5, 0.6) is 0 Å². The number of rotatable bonds is 3. The molecule has 16 heavy (non-hydrogen) atoms. The van der Waals surface area contributed by atoms with Gasteiger partial charge in [-0.25, -0.2) is 9.07 Å². The number of halogens is 1. The second kappa shape index (κ2) is 4.57. The zero-order chi connectivity index (χ0) is 11.5. The van der Waals surface area contributed by atoms with E-state index in [2.05, 4.69) is 5.10 Å². The predicted molar refractivity (Wildman–Crippen MR) is 64.3 cm³/mol. The van der Waals surface area contributed by atoms with E-state index in [4.69, 9.17) is 5.73 Å².